The predicted molar refractivity (Wildman–Crippen MR) is 252 cm³/mol. The van der Waals surface area contributed by atoms with Crippen molar-refractivity contribution in [3.8, 4) is 0 Å². The molecule has 7 aromatic carbocycles. The lowest BCUT2D eigenvalue weighted by Crippen LogP contribution is -2.52. The van der Waals surface area contributed by atoms with Gasteiger partial charge in [0.15, 0.2) is 0 Å². The lowest BCUT2D eigenvalue weighted by molar-refractivity contribution is 0.588. The summed E-state index contributed by atoms with van der Waals surface area (Å²) in [6, 6.07) is 62.4. The van der Waals surface area contributed by atoms with Gasteiger partial charge in [-0.15, -0.1) is 18.3 Å². The smallest absolute Gasteiger partial charge is 0.249 e. The van der Waals surface area contributed by atoms with Crippen LogP contribution in [-0.4, -0.2) is 13.0 Å². The number of hydrogen-bond donors (Lipinski definition) is 0. The van der Waals surface area contributed by atoms with Crippen LogP contribution in [0.3, 0.4) is 0 Å². The highest BCUT2D eigenvalue weighted by molar-refractivity contribution is 8.08. The lowest BCUT2D eigenvalue weighted by atomic mass is 9.33. The summed E-state index contributed by atoms with van der Waals surface area (Å²) in [4.78, 5) is 4.96. The first kappa shape index (κ1) is 37.0. The summed E-state index contributed by atoms with van der Waals surface area (Å²) in [5.41, 5.74) is 18.0. The minimum Gasteiger partial charge on any atom is -0.311 e. The Morgan fingerprint density at radius 1 is 0.614 bits per heavy atom. The van der Waals surface area contributed by atoms with Crippen molar-refractivity contribution in [2.45, 2.75) is 38.0 Å². The van der Waals surface area contributed by atoms with Crippen molar-refractivity contribution in [1.29, 1.82) is 0 Å². The topological polar surface area (TPSA) is 6.48 Å². The van der Waals surface area contributed by atoms with E-state index in [4.69, 9.17) is 6.58 Å². The molecule has 0 spiro atoms. The van der Waals surface area contributed by atoms with Crippen LogP contribution >= 0.6 is 23.7 Å². The van der Waals surface area contributed by atoms with E-state index in [2.05, 4.69) is 213 Å². The molecule has 0 radical (unpaired) electrons. The number of hydrogen-bond acceptors (Lipinski definition) is 4. The number of aryl methyl sites for hydroxylation is 1. The second-order valence-corrected chi connectivity index (χ2v) is 17.7. The Kier molecular flexibility index (Phi) is 9.76. The average Bonchev–Trinajstić information content (AvgIpc) is 3.23. The fourth-order valence-electron chi connectivity index (χ4n) is 8.42. The van der Waals surface area contributed by atoms with E-state index in [9.17, 15) is 0 Å². The molecule has 5 heteroatoms. The number of anilines is 5. The maximum Gasteiger partial charge on any atom is 0.249 e. The molecule has 0 fully saturated rings. The third-order valence-electron chi connectivity index (χ3n) is 11.2. The van der Waals surface area contributed by atoms with Crippen LogP contribution < -0.4 is 20.1 Å². The highest BCUT2D eigenvalue weighted by Crippen LogP contribution is 2.49. The van der Waals surface area contributed by atoms with Gasteiger partial charge < -0.3 is 4.90 Å². The van der Waals surface area contributed by atoms with Crippen LogP contribution in [0, 0.1) is 6.92 Å². The molecule has 9 rings (SSSR count). The minimum absolute atomic E-state index is 0.00190. The molecule has 57 heavy (non-hydrogen) atoms. The first-order valence-corrected chi connectivity index (χ1v) is 21.6. The fourth-order valence-corrected chi connectivity index (χ4v) is 10.4. The Labute approximate surface area is 347 Å². The fraction of sp³-hybridized carbons (Fsp3) is 0.115. The zero-order valence-electron chi connectivity index (χ0n) is 33.2. The van der Waals surface area contributed by atoms with Crippen molar-refractivity contribution in [3.63, 3.8) is 0 Å². The monoisotopic (exact) mass is 772 g/mol. The molecule has 0 aromatic heterocycles. The number of nitrogens with zero attached hydrogens (tertiary/aromatic N) is 2. The normalized spacial score (nSPS) is 13.9. The van der Waals surface area contributed by atoms with Crippen LogP contribution in [-0.2, 0) is 5.41 Å². The van der Waals surface area contributed by atoms with Crippen LogP contribution in [0.5, 0.6) is 0 Å². The third-order valence-corrected chi connectivity index (χ3v) is 13.1. The Bertz CT molecular complexity index is 2650. The molecule has 7 aromatic rings. The largest absolute Gasteiger partial charge is 0.311 e. The summed E-state index contributed by atoms with van der Waals surface area (Å²) in [6.45, 7) is 14.0. The van der Waals surface area contributed by atoms with Gasteiger partial charge in [-0.25, -0.2) is 0 Å². The molecule has 2 nitrogen and oxygen atoms in total. The molecule has 0 saturated heterocycles. The quantitative estimate of drug-likeness (QED) is 0.0943. The van der Waals surface area contributed by atoms with Crippen LogP contribution in [0.25, 0.3) is 16.0 Å². The Morgan fingerprint density at radius 2 is 1.21 bits per heavy atom. The van der Waals surface area contributed by atoms with E-state index in [0.29, 0.717) is 0 Å². The van der Waals surface area contributed by atoms with Crippen molar-refractivity contribution in [2.24, 2.45) is 0 Å². The van der Waals surface area contributed by atoms with E-state index in [-0.39, 0.29) is 12.1 Å². The van der Waals surface area contributed by atoms with E-state index >= 15 is 0 Å². The van der Waals surface area contributed by atoms with Gasteiger partial charge in [0, 0.05) is 32.4 Å². The average molecular weight is 773 g/mol. The molecule has 0 saturated carbocycles. The number of benzene rings is 7. The Hall–Kier alpha value is -5.62. The summed E-state index contributed by atoms with van der Waals surface area (Å²) in [7, 11) is 0. The van der Waals surface area contributed by atoms with Crippen LogP contribution in [0.1, 0.15) is 54.2 Å². The van der Waals surface area contributed by atoms with Gasteiger partial charge in [0.05, 0.1) is 11.4 Å². The molecule has 0 bridgehead atoms. The second-order valence-electron chi connectivity index (χ2n) is 15.9. The van der Waals surface area contributed by atoms with Gasteiger partial charge in [-0.2, -0.15) is 0 Å². The molecule has 0 N–H and O–H groups in total. The van der Waals surface area contributed by atoms with Gasteiger partial charge in [0.25, 0.3) is 0 Å². The Balaban J connectivity index is 1.36. The third kappa shape index (κ3) is 6.73. The highest BCUT2D eigenvalue weighted by atomic mass is 32.2. The minimum atomic E-state index is -0.0933. The first-order chi connectivity index (χ1) is 27.7. The standard InChI is InChI=1S/C52H45BN2S2/c1-35-31-46-50-47(32-35)55(42-25-17-10-18-26-42)57-48-34-40(52(3,4)5)28-29-43(48)36(2)53(50)44-30-27-39(33-45(44)54(46)41-23-15-9-16-24-41)49(37-19-11-7-12-20-37)51(56-6)38-21-13-8-14-22-38/h7-34H,2H2,1,3-6H3/b51-49-. The van der Waals surface area contributed by atoms with Crippen LogP contribution in [0.4, 0.5) is 28.4 Å². The molecular formula is C52H45BN2S2. The van der Waals surface area contributed by atoms with Gasteiger partial charge >= 0.3 is 0 Å². The first-order valence-electron chi connectivity index (χ1n) is 19.6. The molecule has 2 aliphatic heterocycles. The lowest BCUT2D eigenvalue weighted by Gasteiger charge is -2.42. The Morgan fingerprint density at radius 3 is 1.84 bits per heavy atom. The second kappa shape index (κ2) is 15.0. The highest BCUT2D eigenvalue weighted by Gasteiger charge is 2.42. The number of thioether (sulfide) groups is 1. The van der Waals surface area contributed by atoms with Crippen LogP contribution in [0.2, 0.25) is 0 Å². The van der Waals surface area contributed by atoms with E-state index in [0.717, 1.165) is 16.8 Å². The molecule has 0 unspecified atom stereocenters. The zero-order chi connectivity index (χ0) is 39.3. The summed E-state index contributed by atoms with van der Waals surface area (Å²) < 4.78 is 2.46. The van der Waals surface area contributed by atoms with Gasteiger partial charge in [0.1, 0.15) is 0 Å². The number of rotatable bonds is 6. The molecular weight excluding hydrogens is 728 g/mol. The number of fused-ring (bicyclic) bond motifs is 3. The van der Waals surface area contributed by atoms with Crippen molar-refractivity contribution in [3.05, 3.63) is 210 Å². The van der Waals surface area contributed by atoms with Gasteiger partial charge in [-0.3, -0.25) is 4.31 Å². The predicted octanol–water partition coefficient (Wildman–Crippen LogP) is 13.4. The maximum atomic E-state index is 5.02. The summed E-state index contributed by atoms with van der Waals surface area (Å²) >= 11 is 3.61. The van der Waals surface area contributed by atoms with Gasteiger partial charge in [-0.05, 0) is 123 Å². The molecule has 0 atom stereocenters. The molecule has 0 amide bonds. The van der Waals surface area contributed by atoms with Crippen molar-refractivity contribution < 1.29 is 0 Å². The molecule has 278 valence electrons. The molecule has 0 aliphatic carbocycles. The van der Waals surface area contributed by atoms with Crippen molar-refractivity contribution >= 4 is 85.7 Å². The zero-order valence-corrected chi connectivity index (χ0v) is 34.8. The van der Waals surface area contributed by atoms with E-state index in [1.54, 1.807) is 23.7 Å². The van der Waals surface area contributed by atoms with E-state index in [1.165, 1.54) is 76.7 Å². The van der Waals surface area contributed by atoms with Gasteiger partial charge in [0.2, 0.25) is 6.71 Å². The van der Waals surface area contributed by atoms with Crippen molar-refractivity contribution in [2.75, 3.05) is 15.5 Å². The molecule has 2 heterocycles. The summed E-state index contributed by atoms with van der Waals surface area (Å²) in [5, 5.41) is 0. The summed E-state index contributed by atoms with van der Waals surface area (Å²) in [5.74, 6) is 0. The van der Waals surface area contributed by atoms with E-state index in [1.807, 2.05) is 0 Å². The van der Waals surface area contributed by atoms with E-state index < -0.39 is 0 Å². The van der Waals surface area contributed by atoms with Gasteiger partial charge in [-0.1, -0.05) is 148 Å². The maximum absolute atomic E-state index is 5.02. The summed E-state index contributed by atoms with van der Waals surface area (Å²) in [6.07, 6.45) is 2.19. The number of para-hydroxylation sites is 2. The molecule has 2 aliphatic rings. The van der Waals surface area contributed by atoms with Crippen LogP contribution in [0.15, 0.2) is 181 Å². The SMILES string of the molecule is C=C1B2c3ccc(/C(=C(\SC)c4ccccc4)c4ccccc4)cc3N(c3ccccc3)c3cc(C)cc(c32)N(c2ccccc2)Sc2cc(C(C)(C)C)ccc21. The van der Waals surface area contributed by atoms with Crippen molar-refractivity contribution in [1.82, 2.24) is 0 Å².